The normalized spacial score (nSPS) is 12.2. The maximum absolute atomic E-state index is 11.9. The first-order valence-electron chi connectivity index (χ1n) is 6.12. The molecule has 1 aromatic heterocycles. The van der Waals surface area contributed by atoms with Crippen LogP contribution < -0.4 is 5.32 Å². The Bertz CT molecular complexity index is 582. The summed E-state index contributed by atoms with van der Waals surface area (Å²) < 4.78 is 0. The highest BCUT2D eigenvalue weighted by Crippen LogP contribution is 2.11. The number of nitrogens with one attached hydrogen (secondary N) is 2. The number of hydrogen-bond donors (Lipinski definition) is 3. The molecule has 0 aliphatic rings. The number of carbonyl (C=O) groups excluding carboxylic acids is 1. The standard InChI is InChI=1S/C13H15ClN4O2/c1-8-15-13(18-17-8)11(7-19)16-12(20)6-9-2-4-10(14)5-3-9/h2-5,11,19H,6-7H2,1H3,(H,16,20)(H,15,17,18)/t11-/m1/s1. The van der Waals surface area contributed by atoms with Crippen LogP contribution in [0, 0.1) is 6.92 Å². The van der Waals surface area contributed by atoms with E-state index in [9.17, 15) is 9.90 Å². The second kappa shape index (κ2) is 6.49. The van der Waals surface area contributed by atoms with Gasteiger partial charge in [0.1, 0.15) is 11.9 Å². The number of rotatable bonds is 5. The average molecular weight is 295 g/mol. The number of aromatic amines is 1. The van der Waals surface area contributed by atoms with E-state index in [2.05, 4.69) is 20.5 Å². The smallest absolute Gasteiger partial charge is 0.225 e. The topological polar surface area (TPSA) is 90.9 Å². The molecule has 0 radical (unpaired) electrons. The highest BCUT2D eigenvalue weighted by molar-refractivity contribution is 6.30. The van der Waals surface area contributed by atoms with Gasteiger partial charge in [-0.15, -0.1) is 0 Å². The fourth-order valence-electron chi connectivity index (χ4n) is 1.74. The molecule has 2 rings (SSSR count). The van der Waals surface area contributed by atoms with E-state index >= 15 is 0 Å². The lowest BCUT2D eigenvalue weighted by Crippen LogP contribution is -2.32. The first-order valence-corrected chi connectivity index (χ1v) is 6.50. The number of hydrogen-bond acceptors (Lipinski definition) is 4. The van der Waals surface area contributed by atoms with Crippen molar-refractivity contribution in [2.75, 3.05) is 6.61 Å². The summed E-state index contributed by atoms with van der Waals surface area (Å²) in [6, 6.07) is 6.41. The maximum atomic E-state index is 11.9. The van der Waals surface area contributed by atoms with Crippen LogP contribution >= 0.6 is 11.6 Å². The summed E-state index contributed by atoms with van der Waals surface area (Å²) in [6.07, 6.45) is 0.205. The monoisotopic (exact) mass is 294 g/mol. The predicted molar refractivity (Wildman–Crippen MR) is 74.2 cm³/mol. The molecular formula is C13H15ClN4O2. The second-order valence-corrected chi connectivity index (χ2v) is 4.82. The van der Waals surface area contributed by atoms with Crippen LogP contribution in [0.3, 0.4) is 0 Å². The van der Waals surface area contributed by atoms with Crippen LogP contribution in [0.1, 0.15) is 23.3 Å². The number of benzene rings is 1. The van der Waals surface area contributed by atoms with Crippen molar-refractivity contribution in [3.63, 3.8) is 0 Å². The summed E-state index contributed by atoms with van der Waals surface area (Å²) in [5, 5.41) is 19.2. The molecule has 0 bridgehead atoms. The first-order chi connectivity index (χ1) is 9.58. The molecule has 1 heterocycles. The zero-order valence-electron chi connectivity index (χ0n) is 10.9. The van der Waals surface area contributed by atoms with E-state index in [4.69, 9.17) is 11.6 Å². The summed E-state index contributed by atoms with van der Waals surface area (Å²) >= 11 is 5.78. The van der Waals surface area contributed by atoms with Crippen LogP contribution in [0.2, 0.25) is 5.02 Å². The van der Waals surface area contributed by atoms with E-state index in [1.54, 1.807) is 31.2 Å². The van der Waals surface area contributed by atoms with Crippen molar-refractivity contribution in [3.05, 3.63) is 46.5 Å². The van der Waals surface area contributed by atoms with Crippen molar-refractivity contribution in [1.82, 2.24) is 20.5 Å². The molecule has 3 N–H and O–H groups in total. The summed E-state index contributed by atoms with van der Waals surface area (Å²) in [6.45, 7) is 1.49. The molecule has 7 heteroatoms. The van der Waals surface area contributed by atoms with Gasteiger partial charge in [-0.3, -0.25) is 9.89 Å². The number of carbonyl (C=O) groups is 1. The highest BCUT2D eigenvalue weighted by atomic mass is 35.5. The van der Waals surface area contributed by atoms with E-state index in [1.807, 2.05) is 0 Å². The summed E-state index contributed by atoms with van der Waals surface area (Å²) in [5.74, 6) is 0.786. The molecule has 106 valence electrons. The van der Waals surface area contributed by atoms with Gasteiger partial charge in [-0.05, 0) is 24.6 Å². The van der Waals surface area contributed by atoms with E-state index in [1.165, 1.54) is 0 Å². The lowest BCUT2D eigenvalue weighted by Gasteiger charge is -2.13. The zero-order chi connectivity index (χ0) is 14.5. The molecule has 6 nitrogen and oxygen atoms in total. The van der Waals surface area contributed by atoms with Crippen molar-refractivity contribution in [2.24, 2.45) is 0 Å². The number of amides is 1. The van der Waals surface area contributed by atoms with Gasteiger partial charge in [0.25, 0.3) is 0 Å². The molecule has 0 saturated carbocycles. The minimum absolute atomic E-state index is 0.205. The molecule has 0 saturated heterocycles. The van der Waals surface area contributed by atoms with Crippen molar-refractivity contribution < 1.29 is 9.90 Å². The van der Waals surface area contributed by atoms with Crippen LogP contribution in [0.4, 0.5) is 0 Å². The Labute approximate surface area is 121 Å². The summed E-state index contributed by atoms with van der Waals surface area (Å²) in [5.41, 5.74) is 0.842. The van der Waals surface area contributed by atoms with Gasteiger partial charge in [-0.2, -0.15) is 5.10 Å². The number of aliphatic hydroxyl groups excluding tert-OH is 1. The van der Waals surface area contributed by atoms with E-state index in [0.29, 0.717) is 16.7 Å². The van der Waals surface area contributed by atoms with Gasteiger partial charge in [0.15, 0.2) is 5.82 Å². The Morgan fingerprint density at radius 1 is 1.45 bits per heavy atom. The third-order valence-corrected chi connectivity index (χ3v) is 2.97. The minimum Gasteiger partial charge on any atom is -0.394 e. The van der Waals surface area contributed by atoms with Crippen molar-refractivity contribution in [2.45, 2.75) is 19.4 Å². The lowest BCUT2D eigenvalue weighted by molar-refractivity contribution is -0.121. The van der Waals surface area contributed by atoms with Gasteiger partial charge in [-0.25, -0.2) is 4.98 Å². The average Bonchev–Trinajstić information content (AvgIpc) is 2.85. The van der Waals surface area contributed by atoms with Crippen LogP contribution in [0.25, 0.3) is 0 Å². The lowest BCUT2D eigenvalue weighted by atomic mass is 10.1. The van der Waals surface area contributed by atoms with Crippen LogP contribution in [-0.2, 0) is 11.2 Å². The Morgan fingerprint density at radius 3 is 2.70 bits per heavy atom. The number of halogens is 1. The third-order valence-electron chi connectivity index (χ3n) is 2.72. The molecular weight excluding hydrogens is 280 g/mol. The van der Waals surface area contributed by atoms with Crippen LogP contribution in [-0.4, -0.2) is 32.8 Å². The Hall–Kier alpha value is -1.92. The second-order valence-electron chi connectivity index (χ2n) is 4.38. The highest BCUT2D eigenvalue weighted by Gasteiger charge is 2.17. The fourth-order valence-corrected chi connectivity index (χ4v) is 1.87. The quantitative estimate of drug-likeness (QED) is 0.772. The largest absolute Gasteiger partial charge is 0.394 e. The van der Waals surface area contributed by atoms with Crippen LogP contribution in [0.15, 0.2) is 24.3 Å². The minimum atomic E-state index is -0.611. The number of H-pyrrole nitrogens is 1. The van der Waals surface area contributed by atoms with Crippen molar-refractivity contribution in [3.8, 4) is 0 Å². The fraction of sp³-hybridized carbons (Fsp3) is 0.308. The molecule has 20 heavy (non-hydrogen) atoms. The molecule has 0 unspecified atom stereocenters. The Kier molecular flexibility index (Phi) is 4.70. The zero-order valence-corrected chi connectivity index (χ0v) is 11.7. The number of aryl methyl sites for hydroxylation is 1. The molecule has 0 aliphatic carbocycles. The Morgan fingerprint density at radius 2 is 2.15 bits per heavy atom. The molecule has 1 amide bonds. The van der Waals surface area contributed by atoms with E-state index < -0.39 is 6.04 Å². The third kappa shape index (κ3) is 3.79. The molecule has 0 spiro atoms. The van der Waals surface area contributed by atoms with Crippen LogP contribution in [0.5, 0.6) is 0 Å². The Balaban J connectivity index is 1.97. The molecule has 2 aromatic rings. The SMILES string of the molecule is Cc1nc([C@@H](CO)NC(=O)Cc2ccc(Cl)cc2)n[nH]1. The summed E-state index contributed by atoms with van der Waals surface area (Å²) in [7, 11) is 0. The van der Waals surface area contributed by atoms with Gasteiger partial charge >= 0.3 is 0 Å². The van der Waals surface area contributed by atoms with Gasteiger partial charge < -0.3 is 10.4 Å². The molecule has 0 fully saturated rings. The molecule has 1 atom stereocenters. The van der Waals surface area contributed by atoms with Gasteiger partial charge in [-0.1, -0.05) is 23.7 Å². The maximum Gasteiger partial charge on any atom is 0.225 e. The van der Waals surface area contributed by atoms with Gasteiger partial charge in [0, 0.05) is 5.02 Å². The van der Waals surface area contributed by atoms with Gasteiger partial charge in [0.2, 0.25) is 5.91 Å². The summed E-state index contributed by atoms with van der Waals surface area (Å²) in [4.78, 5) is 16.0. The predicted octanol–water partition coefficient (Wildman–Crippen LogP) is 1.16. The number of aromatic nitrogens is 3. The van der Waals surface area contributed by atoms with E-state index in [0.717, 1.165) is 5.56 Å². The number of nitrogens with zero attached hydrogens (tertiary/aromatic N) is 2. The first kappa shape index (κ1) is 14.5. The molecule has 0 aliphatic heterocycles. The van der Waals surface area contributed by atoms with E-state index in [-0.39, 0.29) is 18.9 Å². The van der Waals surface area contributed by atoms with Gasteiger partial charge in [0.05, 0.1) is 13.0 Å². The van der Waals surface area contributed by atoms with Crippen molar-refractivity contribution in [1.29, 1.82) is 0 Å². The van der Waals surface area contributed by atoms with Crippen molar-refractivity contribution >= 4 is 17.5 Å². The number of aliphatic hydroxyl groups is 1. The molecule has 1 aromatic carbocycles.